The molecule has 0 bridgehead atoms. The van der Waals surface area contributed by atoms with E-state index in [1.54, 1.807) is 0 Å². The van der Waals surface area contributed by atoms with Crippen molar-refractivity contribution in [2.75, 3.05) is 26.9 Å². The van der Waals surface area contributed by atoms with Crippen LogP contribution >= 0.6 is 0 Å². The summed E-state index contributed by atoms with van der Waals surface area (Å²) < 4.78 is 11.0. The van der Waals surface area contributed by atoms with Crippen molar-refractivity contribution >= 4 is 0 Å². The summed E-state index contributed by atoms with van der Waals surface area (Å²) in [5.74, 6) is 2.12. The van der Waals surface area contributed by atoms with Gasteiger partial charge in [-0.15, -0.1) is 0 Å². The van der Waals surface area contributed by atoms with E-state index < -0.39 is 0 Å². The molecule has 0 saturated heterocycles. The highest BCUT2D eigenvalue weighted by atomic mass is 16.7. The first-order valence-electron chi connectivity index (χ1n) is 7.47. The molecule has 3 heteroatoms. The molecule has 21 heavy (non-hydrogen) atoms. The van der Waals surface area contributed by atoms with Crippen molar-refractivity contribution in [3.8, 4) is 11.5 Å². The van der Waals surface area contributed by atoms with Gasteiger partial charge in [-0.3, -0.25) is 0 Å². The van der Waals surface area contributed by atoms with Crippen LogP contribution in [0.5, 0.6) is 11.5 Å². The summed E-state index contributed by atoms with van der Waals surface area (Å²) in [6.07, 6.45) is 1.12. The highest BCUT2D eigenvalue weighted by molar-refractivity contribution is 5.48. The maximum absolute atomic E-state index is 5.54. The standard InChI is InChI=1S/C18H19NO2/c1-19-9-8-13-4-2-3-5-15(13)16(11-19)14-6-7-17-18(10-14)21-12-20-17/h2-7,10,16H,8-9,11-12H2,1H3. The van der Waals surface area contributed by atoms with Crippen LogP contribution in [0, 0.1) is 0 Å². The van der Waals surface area contributed by atoms with Crippen LogP contribution in [0.2, 0.25) is 0 Å². The van der Waals surface area contributed by atoms with Crippen molar-refractivity contribution in [3.05, 3.63) is 59.2 Å². The van der Waals surface area contributed by atoms with E-state index >= 15 is 0 Å². The molecule has 3 nitrogen and oxygen atoms in total. The monoisotopic (exact) mass is 281 g/mol. The van der Waals surface area contributed by atoms with Crippen molar-refractivity contribution in [1.29, 1.82) is 0 Å². The Morgan fingerprint density at radius 3 is 2.86 bits per heavy atom. The second kappa shape index (κ2) is 5.08. The summed E-state index contributed by atoms with van der Waals surface area (Å²) in [5.41, 5.74) is 4.21. The zero-order valence-corrected chi connectivity index (χ0v) is 12.2. The van der Waals surface area contributed by atoms with Gasteiger partial charge in [0.2, 0.25) is 6.79 Å². The molecule has 0 spiro atoms. The molecule has 108 valence electrons. The summed E-state index contributed by atoms with van der Waals surface area (Å²) in [7, 11) is 2.20. The van der Waals surface area contributed by atoms with E-state index in [1.807, 2.05) is 6.07 Å². The van der Waals surface area contributed by atoms with Crippen LogP contribution in [0.15, 0.2) is 42.5 Å². The van der Waals surface area contributed by atoms with Gasteiger partial charge in [0.25, 0.3) is 0 Å². The Balaban J connectivity index is 1.79. The maximum atomic E-state index is 5.54. The summed E-state index contributed by atoms with van der Waals surface area (Å²) in [6, 6.07) is 15.2. The van der Waals surface area contributed by atoms with Gasteiger partial charge in [-0.25, -0.2) is 0 Å². The molecule has 2 aromatic carbocycles. The number of fused-ring (bicyclic) bond motifs is 2. The van der Waals surface area contributed by atoms with Gasteiger partial charge in [0.15, 0.2) is 11.5 Å². The van der Waals surface area contributed by atoms with Gasteiger partial charge in [0.1, 0.15) is 0 Å². The number of rotatable bonds is 1. The molecule has 1 atom stereocenters. The highest BCUT2D eigenvalue weighted by Crippen LogP contribution is 2.38. The van der Waals surface area contributed by atoms with E-state index in [9.17, 15) is 0 Å². The minimum Gasteiger partial charge on any atom is -0.454 e. The average Bonchev–Trinajstić information content (AvgIpc) is 2.91. The maximum Gasteiger partial charge on any atom is 0.231 e. The smallest absolute Gasteiger partial charge is 0.231 e. The van der Waals surface area contributed by atoms with E-state index in [4.69, 9.17) is 9.47 Å². The third-order valence-electron chi connectivity index (χ3n) is 4.49. The molecule has 2 aliphatic heterocycles. The first-order chi connectivity index (χ1) is 10.3. The largest absolute Gasteiger partial charge is 0.454 e. The summed E-state index contributed by atoms with van der Waals surface area (Å²) in [5, 5.41) is 0. The Morgan fingerprint density at radius 1 is 1.05 bits per heavy atom. The quantitative estimate of drug-likeness (QED) is 0.802. The lowest BCUT2D eigenvalue weighted by atomic mass is 9.88. The van der Waals surface area contributed by atoms with E-state index in [0.29, 0.717) is 12.7 Å². The van der Waals surface area contributed by atoms with Gasteiger partial charge >= 0.3 is 0 Å². The van der Waals surface area contributed by atoms with Gasteiger partial charge in [-0.05, 0) is 42.3 Å². The molecular formula is C18H19NO2. The number of nitrogens with zero attached hydrogens (tertiary/aromatic N) is 1. The highest BCUT2D eigenvalue weighted by Gasteiger charge is 2.24. The SMILES string of the molecule is CN1CCc2ccccc2C(c2ccc3c(c2)OCO3)C1. The molecule has 0 aliphatic carbocycles. The van der Waals surface area contributed by atoms with Crippen LogP contribution in [-0.2, 0) is 6.42 Å². The fourth-order valence-electron chi connectivity index (χ4n) is 3.33. The van der Waals surface area contributed by atoms with Gasteiger partial charge < -0.3 is 14.4 Å². The fourth-order valence-corrected chi connectivity index (χ4v) is 3.33. The summed E-state index contributed by atoms with van der Waals surface area (Å²) in [4.78, 5) is 2.41. The lowest BCUT2D eigenvalue weighted by molar-refractivity contribution is 0.174. The second-order valence-corrected chi connectivity index (χ2v) is 5.88. The first-order valence-corrected chi connectivity index (χ1v) is 7.47. The number of hydrogen-bond acceptors (Lipinski definition) is 3. The summed E-state index contributed by atoms with van der Waals surface area (Å²) in [6.45, 7) is 2.48. The molecule has 2 heterocycles. The van der Waals surface area contributed by atoms with Crippen LogP contribution in [0.1, 0.15) is 22.6 Å². The molecule has 0 aromatic heterocycles. The molecular weight excluding hydrogens is 262 g/mol. The van der Waals surface area contributed by atoms with Crippen molar-refractivity contribution < 1.29 is 9.47 Å². The molecule has 1 unspecified atom stereocenters. The number of likely N-dealkylation sites (N-methyl/N-ethyl adjacent to an activating group) is 1. The van der Waals surface area contributed by atoms with Crippen molar-refractivity contribution in [1.82, 2.24) is 4.90 Å². The van der Waals surface area contributed by atoms with Gasteiger partial charge in [-0.1, -0.05) is 30.3 Å². The molecule has 2 aromatic rings. The first kappa shape index (κ1) is 12.7. The van der Waals surface area contributed by atoms with Gasteiger partial charge in [-0.2, -0.15) is 0 Å². The average molecular weight is 281 g/mol. The Kier molecular flexibility index (Phi) is 3.08. The van der Waals surface area contributed by atoms with Crippen LogP contribution in [0.25, 0.3) is 0 Å². The zero-order valence-electron chi connectivity index (χ0n) is 12.2. The van der Waals surface area contributed by atoms with Crippen LogP contribution in [0.4, 0.5) is 0 Å². The normalized spacial score (nSPS) is 20.9. The van der Waals surface area contributed by atoms with Crippen LogP contribution < -0.4 is 9.47 Å². The Bertz CT molecular complexity index is 668. The minimum absolute atomic E-state index is 0.333. The van der Waals surface area contributed by atoms with Crippen LogP contribution in [-0.4, -0.2) is 31.8 Å². The third-order valence-corrected chi connectivity index (χ3v) is 4.49. The van der Waals surface area contributed by atoms with Crippen molar-refractivity contribution in [2.24, 2.45) is 0 Å². The molecule has 0 amide bonds. The minimum atomic E-state index is 0.333. The van der Waals surface area contributed by atoms with Gasteiger partial charge in [0.05, 0.1) is 0 Å². The Hall–Kier alpha value is -2.00. The predicted molar refractivity (Wildman–Crippen MR) is 82.1 cm³/mol. The lowest BCUT2D eigenvalue weighted by Gasteiger charge is -2.22. The van der Waals surface area contributed by atoms with Crippen molar-refractivity contribution in [2.45, 2.75) is 12.3 Å². The lowest BCUT2D eigenvalue weighted by Crippen LogP contribution is -2.24. The molecule has 2 aliphatic rings. The predicted octanol–water partition coefficient (Wildman–Crippen LogP) is 3.04. The molecule has 0 N–H and O–H groups in total. The van der Waals surface area contributed by atoms with E-state index in [1.165, 1.54) is 16.7 Å². The van der Waals surface area contributed by atoms with E-state index in [-0.39, 0.29) is 0 Å². The number of hydrogen-bond donors (Lipinski definition) is 0. The molecule has 0 fully saturated rings. The third kappa shape index (κ3) is 2.28. The molecule has 0 saturated carbocycles. The Morgan fingerprint density at radius 2 is 1.90 bits per heavy atom. The second-order valence-electron chi connectivity index (χ2n) is 5.88. The molecule has 0 radical (unpaired) electrons. The number of benzene rings is 2. The van der Waals surface area contributed by atoms with E-state index in [2.05, 4.69) is 48.3 Å². The Labute approximate surface area is 125 Å². The van der Waals surface area contributed by atoms with Crippen molar-refractivity contribution in [3.63, 3.8) is 0 Å². The number of ether oxygens (including phenoxy) is 2. The van der Waals surface area contributed by atoms with Gasteiger partial charge in [0, 0.05) is 19.0 Å². The molecule has 4 rings (SSSR count). The summed E-state index contributed by atoms with van der Waals surface area (Å²) >= 11 is 0. The van der Waals surface area contributed by atoms with E-state index in [0.717, 1.165) is 31.0 Å². The topological polar surface area (TPSA) is 21.7 Å². The zero-order chi connectivity index (χ0) is 14.2. The fraction of sp³-hybridized carbons (Fsp3) is 0.333. The van der Waals surface area contributed by atoms with Crippen LogP contribution in [0.3, 0.4) is 0 Å².